The van der Waals surface area contributed by atoms with Crippen LogP contribution in [0.3, 0.4) is 0 Å². The summed E-state index contributed by atoms with van der Waals surface area (Å²) in [6, 6.07) is 34.5. The molecule has 0 saturated heterocycles. The molecule has 13 heteroatoms. The Balaban J connectivity index is 0. The Morgan fingerprint density at radius 3 is 1.23 bits per heavy atom. The van der Waals surface area contributed by atoms with Crippen LogP contribution in [0.5, 0.6) is 0 Å². The molecular formula is C39H40Cl6N2O2Ru2S. The molecule has 0 unspecified atom stereocenters. The van der Waals surface area contributed by atoms with E-state index in [4.69, 9.17) is 52.1 Å². The van der Waals surface area contributed by atoms with Crippen LogP contribution in [0.4, 0.5) is 0 Å². The summed E-state index contributed by atoms with van der Waals surface area (Å²) in [6.07, 6.45) is 0. The third kappa shape index (κ3) is 17.6. The Kier molecular flexibility index (Phi) is 26.5. The molecule has 0 aliphatic rings. The summed E-state index contributed by atoms with van der Waals surface area (Å²) in [7, 11) is -3.87. The van der Waals surface area contributed by atoms with Crippen LogP contribution in [-0.4, -0.2) is 8.42 Å². The number of aryl methyl sites for hydroxylation is 1. The van der Waals surface area contributed by atoms with Gasteiger partial charge in [-0.05, 0) is 78.4 Å². The minimum Gasteiger partial charge on any atom is -1.00 e. The first-order valence-corrected chi connectivity index (χ1v) is 18.4. The maximum atomic E-state index is 12.8. The number of benzene rings is 5. The molecular weight excluding hydrogens is 975 g/mol. The van der Waals surface area contributed by atoms with Gasteiger partial charge in [-0.1, -0.05) is 164 Å². The number of hydrogen-bond donors (Lipinski definition) is 0. The zero-order chi connectivity index (χ0) is 35.4. The third-order valence-electron chi connectivity index (χ3n) is 7.29. The van der Waals surface area contributed by atoms with Crippen LogP contribution < -0.4 is 24.8 Å². The van der Waals surface area contributed by atoms with E-state index in [1.54, 1.807) is 36.4 Å². The molecule has 2 atom stereocenters. The van der Waals surface area contributed by atoms with Crippen LogP contribution in [0.2, 0.25) is 20.1 Å². The van der Waals surface area contributed by atoms with E-state index in [2.05, 4.69) is 32.4 Å². The van der Waals surface area contributed by atoms with Crippen LogP contribution >= 0.6 is 46.4 Å². The van der Waals surface area contributed by atoms with Gasteiger partial charge in [-0.25, -0.2) is 8.42 Å². The van der Waals surface area contributed by atoms with Gasteiger partial charge >= 0.3 is 39.0 Å². The molecule has 0 spiro atoms. The topological polar surface area (TPSA) is 72.0 Å². The molecule has 4 nitrogen and oxygen atoms in total. The summed E-state index contributed by atoms with van der Waals surface area (Å²) in [5, 5.41) is 2.84. The average Bonchev–Trinajstić information content (AvgIpc) is 3.04. The van der Waals surface area contributed by atoms with Crippen molar-refractivity contribution < 1.29 is 72.2 Å². The standard InChI is InChI=1S/C21H20N2O2S.2C9H10Cl2.2ClH.2Ru/c1-16-12-14-19(15-13-16)26(24,25)23-21(18-10-6-3-7-11-18)20(22)17-8-4-2-5-9-17;2*1-6(2)7-3-8(10)5-9(11)4-7;;;;/h2-15,20-22H,1H3;2*3-6H,1-2H3;2*1H;;/q-2;;;;;2*+2/p-2/t20-,21-;;;;;;/m0....../s1. The Hall–Kier alpha value is -1.04. The molecule has 0 bridgehead atoms. The third-order valence-corrected chi connectivity index (χ3v) is 9.54. The molecule has 0 saturated carbocycles. The Labute approximate surface area is 368 Å². The molecule has 5 aromatic carbocycles. The fraction of sp³-hybridized carbons (Fsp3) is 0.231. The van der Waals surface area contributed by atoms with Crippen molar-refractivity contribution in [2.24, 2.45) is 0 Å². The number of sulfonamides is 1. The first-order valence-electron chi connectivity index (χ1n) is 15.4. The molecule has 52 heavy (non-hydrogen) atoms. The Morgan fingerprint density at radius 2 is 0.885 bits per heavy atom. The summed E-state index contributed by atoms with van der Waals surface area (Å²) in [4.78, 5) is 0.143. The van der Waals surface area contributed by atoms with E-state index in [0.29, 0.717) is 37.5 Å². The minimum absolute atomic E-state index is 0. The summed E-state index contributed by atoms with van der Waals surface area (Å²) >= 11 is 23.2. The van der Waals surface area contributed by atoms with Crippen molar-refractivity contribution in [2.45, 2.75) is 63.4 Å². The second-order valence-electron chi connectivity index (χ2n) is 11.9. The van der Waals surface area contributed by atoms with E-state index in [-0.39, 0.29) is 68.7 Å². The Bertz CT molecular complexity index is 1760. The van der Waals surface area contributed by atoms with Gasteiger partial charge in [0.15, 0.2) is 0 Å². The zero-order valence-electron chi connectivity index (χ0n) is 29.0. The number of halogens is 6. The molecule has 0 aliphatic carbocycles. The van der Waals surface area contributed by atoms with Gasteiger partial charge in [0.2, 0.25) is 0 Å². The van der Waals surface area contributed by atoms with E-state index in [1.807, 2.05) is 91.9 Å². The van der Waals surface area contributed by atoms with Gasteiger partial charge in [0.25, 0.3) is 0 Å². The number of rotatable bonds is 8. The van der Waals surface area contributed by atoms with E-state index in [0.717, 1.165) is 11.1 Å². The molecule has 0 amide bonds. The smallest absolute Gasteiger partial charge is 1.00 e. The van der Waals surface area contributed by atoms with E-state index >= 15 is 0 Å². The van der Waals surface area contributed by atoms with E-state index < -0.39 is 22.1 Å². The number of nitrogens with zero attached hydrogens (tertiary/aromatic N) is 1. The number of nitrogens with one attached hydrogen (secondary N) is 1. The quantitative estimate of drug-likeness (QED) is 0.149. The van der Waals surface area contributed by atoms with Crippen molar-refractivity contribution >= 4 is 56.4 Å². The van der Waals surface area contributed by atoms with Gasteiger partial charge in [0.1, 0.15) is 10.0 Å². The molecule has 0 heterocycles. The predicted molar refractivity (Wildman–Crippen MR) is 206 cm³/mol. The zero-order valence-corrected chi connectivity index (χ0v) is 37.8. The summed E-state index contributed by atoms with van der Waals surface area (Å²) in [6.45, 7) is 10.4. The van der Waals surface area contributed by atoms with Crippen LogP contribution in [0.1, 0.15) is 79.4 Å². The first kappa shape index (κ1) is 53.1. The van der Waals surface area contributed by atoms with Crippen molar-refractivity contribution in [2.75, 3.05) is 0 Å². The van der Waals surface area contributed by atoms with Gasteiger partial charge in [0, 0.05) is 25.0 Å². The molecule has 0 aromatic heterocycles. The fourth-order valence-electron chi connectivity index (χ4n) is 4.54. The van der Waals surface area contributed by atoms with Crippen LogP contribution in [0.15, 0.2) is 126 Å². The maximum Gasteiger partial charge on any atom is 2.00 e. The molecule has 0 radical (unpaired) electrons. The molecule has 0 fully saturated rings. The van der Waals surface area contributed by atoms with Gasteiger partial charge in [-0.3, -0.25) is 0 Å². The van der Waals surface area contributed by atoms with Crippen LogP contribution in [-0.2, 0) is 49.0 Å². The van der Waals surface area contributed by atoms with Crippen molar-refractivity contribution in [1.29, 1.82) is 0 Å². The second kappa shape index (κ2) is 25.9. The van der Waals surface area contributed by atoms with Crippen molar-refractivity contribution in [1.82, 2.24) is 0 Å². The van der Waals surface area contributed by atoms with Gasteiger partial charge in [-0.15, -0.1) is 12.1 Å². The van der Waals surface area contributed by atoms with E-state index in [1.165, 1.54) is 11.1 Å². The van der Waals surface area contributed by atoms with Gasteiger partial charge < -0.3 is 35.3 Å². The predicted octanol–water partition coefficient (Wildman–Crippen LogP) is 7.83. The monoisotopic (exact) mass is 1010 g/mol. The average molecular weight is 1020 g/mol. The SMILES string of the molecule is CC(C)c1cc(Cl)cc(Cl)c1.CC(C)c1cc(Cl)cc(Cl)c1.Cc1ccc(S(=O)(=O)[N-][C@@H](c2ccccc2)[C@@H]([NH-])c2ccccc2)cc1.[Cl-].[Cl-].[Ru+2].[Ru+2]. The van der Waals surface area contributed by atoms with Crippen LogP contribution in [0, 0.1) is 6.92 Å². The van der Waals surface area contributed by atoms with Crippen molar-refractivity contribution in [3.8, 4) is 0 Å². The Morgan fingerprint density at radius 1 is 0.538 bits per heavy atom. The second-order valence-corrected chi connectivity index (χ2v) is 15.2. The van der Waals surface area contributed by atoms with Gasteiger partial charge in [0.05, 0.1) is 0 Å². The summed E-state index contributed by atoms with van der Waals surface area (Å²) < 4.78 is 29.8. The maximum absolute atomic E-state index is 12.8. The van der Waals surface area contributed by atoms with Crippen molar-refractivity contribution in [3.05, 3.63) is 180 Å². The van der Waals surface area contributed by atoms with Crippen LogP contribution in [0.25, 0.3) is 10.5 Å². The minimum atomic E-state index is -3.87. The van der Waals surface area contributed by atoms with Gasteiger partial charge in [-0.2, -0.15) is 0 Å². The molecule has 0 aliphatic heterocycles. The van der Waals surface area contributed by atoms with Crippen molar-refractivity contribution in [3.63, 3.8) is 0 Å². The number of hydrogen-bond acceptors (Lipinski definition) is 2. The fourth-order valence-corrected chi connectivity index (χ4v) is 6.77. The first-order chi connectivity index (χ1) is 22.7. The largest absolute Gasteiger partial charge is 2.00 e. The molecule has 5 aromatic rings. The molecule has 1 N–H and O–H groups in total. The van der Waals surface area contributed by atoms with E-state index in [9.17, 15) is 8.42 Å². The summed E-state index contributed by atoms with van der Waals surface area (Å²) in [5.41, 5.74) is 13.4. The normalized spacial score (nSPS) is 11.5. The molecule has 282 valence electrons. The summed E-state index contributed by atoms with van der Waals surface area (Å²) in [5.74, 6) is 0.956. The molecule has 5 rings (SSSR count).